The van der Waals surface area contributed by atoms with Crippen LogP contribution in [-0.4, -0.2) is 23.6 Å². The van der Waals surface area contributed by atoms with E-state index in [1.54, 1.807) is 12.1 Å². The number of imide groups is 2. The van der Waals surface area contributed by atoms with Crippen LogP contribution in [0, 0.1) is 35.5 Å². The van der Waals surface area contributed by atoms with E-state index in [0.29, 0.717) is 11.4 Å². The van der Waals surface area contributed by atoms with Crippen LogP contribution in [0.1, 0.15) is 0 Å². The molecule has 1 saturated carbocycles. The Balaban J connectivity index is 1.22. The number of fused-ring (bicyclic) bond motifs is 2. The fraction of sp³-hybridized carbons (Fsp3) is 0.188. The van der Waals surface area contributed by atoms with Crippen molar-refractivity contribution in [1.82, 2.24) is 0 Å². The molecule has 2 heterocycles. The Bertz CT molecular complexity index is 1590. The minimum absolute atomic E-state index is 0.280. The molecule has 2 aliphatic heterocycles. The van der Waals surface area contributed by atoms with Crippen molar-refractivity contribution in [2.45, 2.75) is 0 Å². The zero-order valence-corrected chi connectivity index (χ0v) is 20.2. The van der Waals surface area contributed by atoms with Crippen LogP contribution in [-0.2, 0) is 19.2 Å². The third-order valence-electron chi connectivity index (χ3n) is 9.03. The standard InChI is InChI=1S/C32H22N2O4/c35-29-25-21-15-16-22(26(25)30(36)33(29)23-13-5-9-17-7-1-3-11-19(17)23)28-27(21)31(37)34(32(28)38)24-14-6-10-18-8-2-4-12-20(18)24/h1-16,21-22,25-28H. The van der Waals surface area contributed by atoms with Gasteiger partial charge in [0.1, 0.15) is 0 Å². The monoisotopic (exact) mass is 498 g/mol. The maximum Gasteiger partial charge on any atom is 0.238 e. The van der Waals surface area contributed by atoms with Gasteiger partial charge >= 0.3 is 0 Å². The molecule has 9 rings (SSSR count). The zero-order chi connectivity index (χ0) is 25.7. The van der Waals surface area contributed by atoms with Crippen LogP contribution in [0.4, 0.5) is 11.4 Å². The molecule has 4 aromatic carbocycles. The first kappa shape index (κ1) is 21.5. The van der Waals surface area contributed by atoms with Crippen LogP contribution in [0.25, 0.3) is 21.5 Å². The van der Waals surface area contributed by atoms with Crippen molar-refractivity contribution in [3.8, 4) is 0 Å². The summed E-state index contributed by atoms with van der Waals surface area (Å²) < 4.78 is 0. The van der Waals surface area contributed by atoms with Crippen molar-refractivity contribution in [1.29, 1.82) is 0 Å². The molecule has 6 nitrogen and oxygen atoms in total. The van der Waals surface area contributed by atoms with Gasteiger partial charge in [-0.05, 0) is 22.9 Å². The van der Waals surface area contributed by atoms with E-state index in [1.165, 1.54) is 9.80 Å². The van der Waals surface area contributed by atoms with E-state index in [2.05, 4.69) is 0 Å². The third kappa shape index (κ3) is 2.57. The molecule has 38 heavy (non-hydrogen) atoms. The molecule has 5 aliphatic rings. The van der Waals surface area contributed by atoms with E-state index in [9.17, 15) is 19.2 Å². The van der Waals surface area contributed by atoms with Crippen LogP contribution >= 0.6 is 0 Å². The molecule has 4 aromatic rings. The van der Waals surface area contributed by atoms with Gasteiger partial charge in [0.2, 0.25) is 23.6 Å². The van der Waals surface area contributed by atoms with Crippen molar-refractivity contribution in [2.75, 3.05) is 9.80 Å². The minimum atomic E-state index is -0.651. The first-order valence-corrected chi connectivity index (χ1v) is 13.0. The van der Waals surface area contributed by atoms with E-state index in [1.807, 2.05) is 84.9 Å². The number of amides is 4. The van der Waals surface area contributed by atoms with Crippen molar-refractivity contribution in [3.63, 3.8) is 0 Å². The van der Waals surface area contributed by atoms with Gasteiger partial charge in [-0.2, -0.15) is 0 Å². The predicted molar refractivity (Wildman–Crippen MR) is 143 cm³/mol. The summed E-state index contributed by atoms with van der Waals surface area (Å²) in [6.07, 6.45) is 3.81. The summed E-state index contributed by atoms with van der Waals surface area (Å²) in [7, 11) is 0. The lowest BCUT2D eigenvalue weighted by Crippen LogP contribution is -2.50. The van der Waals surface area contributed by atoms with Crippen LogP contribution in [0.2, 0.25) is 0 Å². The first-order chi connectivity index (χ1) is 18.6. The molecule has 4 atom stereocenters. The zero-order valence-electron chi connectivity index (χ0n) is 20.2. The van der Waals surface area contributed by atoms with Crippen LogP contribution in [0.3, 0.4) is 0 Å². The van der Waals surface area contributed by atoms with Gasteiger partial charge in [0.25, 0.3) is 0 Å². The van der Waals surface area contributed by atoms with Crippen LogP contribution < -0.4 is 9.80 Å². The molecular weight excluding hydrogens is 476 g/mol. The van der Waals surface area contributed by atoms with Crippen molar-refractivity contribution in [2.24, 2.45) is 35.5 Å². The second-order valence-electron chi connectivity index (χ2n) is 10.7. The maximum absolute atomic E-state index is 13.9. The summed E-state index contributed by atoms with van der Waals surface area (Å²) in [6.45, 7) is 0. The summed E-state index contributed by atoms with van der Waals surface area (Å²) in [5, 5.41) is 3.53. The molecule has 2 bridgehead atoms. The average Bonchev–Trinajstić information content (AvgIpc) is 3.39. The summed E-state index contributed by atoms with van der Waals surface area (Å²) in [5.74, 6) is -4.72. The SMILES string of the molecule is O=C1C2C3C=CC(C2C(=O)N1c1cccc2ccccc12)C1C(=O)N(c2cccc4ccccc24)C(=O)C31. The Morgan fingerprint density at radius 3 is 1.16 bits per heavy atom. The lowest BCUT2D eigenvalue weighted by Gasteiger charge is -2.44. The number of benzene rings is 4. The van der Waals surface area contributed by atoms with Crippen molar-refractivity contribution in [3.05, 3.63) is 97.1 Å². The number of allylic oxidation sites excluding steroid dienone is 2. The molecule has 4 unspecified atom stereocenters. The minimum Gasteiger partial charge on any atom is -0.274 e. The smallest absolute Gasteiger partial charge is 0.238 e. The Labute approximate surface area is 218 Å². The Hall–Kier alpha value is -4.58. The van der Waals surface area contributed by atoms with Gasteiger partial charge < -0.3 is 0 Å². The molecule has 0 N–H and O–H groups in total. The summed E-state index contributed by atoms with van der Waals surface area (Å²) in [6, 6.07) is 26.5. The Morgan fingerprint density at radius 2 is 0.763 bits per heavy atom. The quantitative estimate of drug-likeness (QED) is 0.296. The normalized spacial score (nSPS) is 29.6. The Kier molecular flexibility index (Phi) is 4.23. The van der Waals surface area contributed by atoms with Gasteiger partial charge in [0.15, 0.2) is 0 Å². The number of rotatable bonds is 2. The molecule has 4 amide bonds. The lowest BCUT2D eigenvalue weighted by molar-refractivity contribution is -0.137. The van der Waals surface area contributed by atoms with Gasteiger partial charge in [0.05, 0.1) is 35.0 Å². The van der Waals surface area contributed by atoms with Crippen LogP contribution in [0.5, 0.6) is 0 Å². The number of carbonyl (C=O) groups excluding carboxylic acids is 4. The highest BCUT2D eigenvalue weighted by molar-refractivity contribution is 6.29. The fourth-order valence-corrected chi connectivity index (χ4v) is 7.51. The predicted octanol–water partition coefficient (Wildman–Crippen LogP) is 4.72. The molecule has 0 spiro atoms. The molecule has 6 heteroatoms. The second kappa shape index (κ2) is 7.48. The van der Waals surface area contributed by atoms with E-state index in [-0.39, 0.29) is 23.6 Å². The molecule has 0 aromatic heterocycles. The van der Waals surface area contributed by atoms with E-state index in [0.717, 1.165) is 21.5 Å². The van der Waals surface area contributed by atoms with Gasteiger partial charge in [-0.15, -0.1) is 0 Å². The number of anilines is 2. The lowest BCUT2D eigenvalue weighted by atomic mass is 9.54. The summed E-state index contributed by atoms with van der Waals surface area (Å²) in [4.78, 5) is 58.4. The molecular formula is C32H22N2O4. The molecule has 3 aliphatic carbocycles. The van der Waals surface area contributed by atoms with Crippen molar-refractivity contribution >= 4 is 56.5 Å². The van der Waals surface area contributed by atoms with Gasteiger partial charge in [-0.3, -0.25) is 19.2 Å². The third-order valence-corrected chi connectivity index (χ3v) is 9.03. The summed E-state index contributed by atoms with van der Waals surface area (Å²) in [5.41, 5.74) is 1.12. The van der Waals surface area contributed by atoms with Gasteiger partial charge in [0, 0.05) is 22.6 Å². The fourth-order valence-electron chi connectivity index (χ4n) is 7.51. The van der Waals surface area contributed by atoms with Crippen LogP contribution in [0.15, 0.2) is 97.1 Å². The molecule has 3 fully saturated rings. The molecule has 2 saturated heterocycles. The second-order valence-corrected chi connectivity index (χ2v) is 10.7. The Morgan fingerprint density at radius 1 is 0.421 bits per heavy atom. The highest BCUT2D eigenvalue weighted by atomic mass is 16.2. The summed E-state index contributed by atoms with van der Waals surface area (Å²) >= 11 is 0. The van der Waals surface area contributed by atoms with Crippen molar-refractivity contribution < 1.29 is 19.2 Å². The van der Waals surface area contributed by atoms with E-state index in [4.69, 9.17) is 0 Å². The highest BCUT2D eigenvalue weighted by Gasteiger charge is 2.69. The average molecular weight is 499 g/mol. The first-order valence-electron chi connectivity index (χ1n) is 13.0. The van der Waals surface area contributed by atoms with Gasteiger partial charge in [-0.25, -0.2) is 9.80 Å². The maximum atomic E-state index is 13.9. The number of carbonyl (C=O) groups is 4. The molecule has 184 valence electrons. The number of hydrogen-bond donors (Lipinski definition) is 0. The number of nitrogens with zero attached hydrogens (tertiary/aromatic N) is 2. The van der Waals surface area contributed by atoms with E-state index < -0.39 is 35.5 Å². The number of hydrogen-bond acceptors (Lipinski definition) is 4. The largest absolute Gasteiger partial charge is 0.274 e. The highest BCUT2D eigenvalue weighted by Crippen LogP contribution is 2.59. The van der Waals surface area contributed by atoms with E-state index >= 15 is 0 Å². The van der Waals surface area contributed by atoms with Gasteiger partial charge in [-0.1, -0.05) is 84.9 Å². The topological polar surface area (TPSA) is 74.8 Å². The molecule has 0 radical (unpaired) electrons.